The summed E-state index contributed by atoms with van der Waals surface area (Å²) in [5.41, 5.74) is 3.97. The van der Waals surface area contributed by atoms with E-state index in [1.54, 1.807) is 0 Å². The number of hydrogen-bond acceptors (Lipinski definition) is 2. The van der Waals surface area contributed by atoms with E-state index >= 15 is 0 Å². The second-order valence-corrected chi connectivity index (χ2v) is 5.70. The van der Waals surface area contributed by atoms with E-state index in [2.05, 4.69) is 51.5 Å². The Kier molecular flexibility index (Phi) is 5.86. The lowest BCUT2D eigenvalue weighted by molar-refractivity contribution is 0.478. The topological polar surface area (TPSA) is 29.9 Å². The van der Waals surface area contributed by atoms with Crippen LogP contribution in [-0.4, -0.2) is 22.9 Å². The van der Waals surface area contributed by atoms with Crippen LogP contribution in [0.2, 0.25) is 0 Å². The molecule has 1 rings (SSSR count). The van der Waals surface area contributed by atoms with Gasteiger partial charge in [-0.15, -0.1) is 0 Å². The SMILES string of the molecule is CCNCC(C)c1c(C)nn(CCC(C)C)c1C. The normalized spacial score (nSPS) is 13.3. The molecule has 0 radical (unpaired) electrons. The Labute approximate surface area is 112 Å². The summed E-state index contributed by atoms with van der Waals surface area (Å²) in [4.78, 5) is 0. The van der Waals surface area contributed by atoms with Gasteiger partial charge >= 0.3 is 0 Å². The van der Waals surface area contributed by atoms with Crippen molar-refractivity contribution in [2.75, 3.05) is 13.1 Å². The highest BCUT2D eigenvalue weighted by atomic mass is 15.3. The molecule has 104 valence electrons. The lowest BCUT2D eigenvalue weighted by atomic mass is 9.99. The Morgan fingerprint density at radius 3 is 2.44 bits per heavy atom. The monoisotopic (exact) mass is 251 g/mol. The molecule has 1 atom stereocenters. The number of nitrogens with zero attached hydrogens (tertiary/aromatic N) is 2. The maximum atomic E-state index is 4.70. The molecular formula is C15H29N3. The van der Waals surface area contributed by atoms with Crippen LogP contribution in [0.4, 0.5) is 0 Å². The van der Waals surface area contributed by atoms with Crippen molar-refractivity contribution in [1.29, 1.82) is 0 Å². The van der Waals surface area contributed by atoms with Crippen LogP contribution in [0.3, 0.4) is 0 Å². The molecule has 0 bridgehead atoms. The van der Waals surface area contributed by atoms with Crippen molar-refractivity contribution in [2.45, 2.75) is 60.4 Å². The third-order valence-corrected chi connectivity index (χ3v) is 3.55. The number of likely N-dealkylation sites (N-methyl/N-ethyl adjacent to an activating group) is 1. The van der Waals surface area contributed by atoms with Gasteiger partial charge < -0.3 is 5.32 Å². The van der Waals surface area contributed by atoms with E-state index in [1.807, 2.05) is 0 Å². The molecule has 0 amide bonds. The first-order valence-electron chi connectivity index (χ1n) is 7.21. The fourth-order valence-electron chi connectivity index (χ4n) is 2.49. The molecule has 0 fully saturated rings. The summed E-state index contributed by atoms with van der Waals surface area (Å²) < 4.78 is 2.19. The molecule has 1 unspecified atom stereocenters. The van der Waals surface area contributed by atoms with Crippen molar-refractivity contribution >= 4 is 0 Å². The van der Waals surface area contributed by atoms with E-state index < -0.39 is 0 Å². The predicted octanol–water partition coefficient (Wildman–Crippen LogP) is 3.26. The summed E-state index contributed by atoms with van der Waals surface area (Å²) in [6.45, 7) is 16.4. The highest BCUT2D eigenvalue weighted by Gasteiger charge is 2.17. The first-order chi connectivity index (χ1) is 8.47. The lowest BCUT2D eigenvalue weighted by Gasteiger charge is -2.13. The van der Waals surface area contributed by atoms with Crippen LogP contribution in [0, 0.1) is 19.8 Å². The van der Waals surface area contributed by atoms with Crippen LogP contribution in [0.15, 0.2) is 0 Å². The molecule has 0 saturated heterocycles. The summed E-state index contributed by atoms with van der Waals surface area (Å²) in [6.07, 6.45) is 1.20. The van der Waals surface area contributed by atoms with E-state index in [0.29, 0.717) is 5.92 Å². The van der Waals surface area contributed by atoms with Crippen molar-refractivity contribution in [3.05, 3.63) is 17.0 Å². The van der Waals surface area contributed by atoms with Gasteiger partial charge in [-0.3, -0.25) is 4.68 Å². The Balaban J connectivity index is 2.79. The summed E-state index contributed by atoms with van der Waals surface area (Å²) in [7, 11) is 0. The summed E-state index contributed by atoms with van der Waals surface area (Å²) in [6, 6.07) is 0. The zero-order valence-electron chi connectivity index (χ0n) is 12.9. The van der Waals surface area contributed by atoms with Crippen molar-refractivity contribution in [2.24, 2.45) is 5.92 Å². The number of aryl methyl sites for hydroxylation is 2. The molecular weight excluding hydrogens is 222 g/mol. The van der Waals surface area contributed by atoms with Crippen LogP contribution < -0.4 is 5.32 Å². The average molecular weight is 251 g/mol. The summed E-state index contributed by atoms with van der Waals surface area (Å²) in [5, 5.41) is 8.12. The molecule has 3 heteroatoms. The van der Waals surface area contributed by atoms with Gasteiger partial charge in [0.25, 0.3) is 0 Å². The highest BCUT2D eigenvalue weighted by Crippen LogP contribution is 2.23. The first-order valence-corrected chi connectivity index (χ1v) is 7.21. The highest BCUT2D eigenvalue weighted by molar-refractivity contribution is 5.28. The van der Waals surface area contributed by atoms with Crippen molar-refractivity contribution in [1.82, 2.24) is 15.1 Å². The van der Waals surface area contributed by atoms with E-state index in [1.165, 1.54) is 23.4 Å². The zero-order valence-corrected chi connectivity index (χ0v) is 12.9. The van der Waals surface area contributed by atoms with Gasteiger partial charge in [0.05, 0.1) is 5.69 Å². The summed E-state index contributed by atoms with van der Waals surface area (Å²) >= 11 is 0. The van der Waals surface area contributed by atoms with Gasteiger partial charge in [0.1, 0.15) is 0 Å². The van der Waals surface area contributed by atoms with Crippen molar-refractivity contribution in [3.8, 4) is 0 Å². The van der Waals surface area contributed by atoms with Crippen LogP contribution in [0.1, 0.15) is 57.0 Å². The minimum atomic E-state index is 0.540. The molecule has 0 spiro atoms. The fourth-order valence-corrected chi connectivity index (χ4v) is 2.49. The van der Waals surface area contributed by atoms with Crippen LogP contribution >= 0.6 is 0 Å². The second kappa shape index (κ2) is 6.93. The molecule has 0 aliphatic carbocycles. The number of nitrogens with one attached hydrogen (secondary N) is 1. The molecule has 1 aromatic rings. The molecule has 0 saturated carbocycles. The first kappa shape index (κ1) is 15.2. The molecule has 0 aliphatic heterocycles. The predicted molar refractivity (Wildman–Crippen MR) is 78.1 cm³/mol. The van der Waals surface area contributed by atoms with Gasteiger partial charge in [0, 0.05) is 18.8 Å². The number of hydrogen-bond donors (Lipinski definition) is 1. The molecule has 1 heterocycles. The smallest absolute Gasteiger partial charge is 0.0631 e. The maximum Gasteiger partial charge on any atom is 0.0631 e. The van der Waals surface area contributed by atoms with Crippen molar-refractivity contribution in [3.63, 3.8) is 0 Å². The second-order valence-electron chi connectivity index (χ2n) is 5.70. The van der Waals surface area contributed by atoms with Gasteiger partial charge in [-0.1, -0.05) is 27.7 Å². The van der Waals surface area contributed by atoms with Gasteiger partial charge in [-0.2, -0.15) is 5.10 Å². The molecule has 0 aromatic carbocycles. The Hall–Kier alpha value is -0.830. The van der Waals surface area contributed by atoms with Crippen LogP contribution in [0.5, 0.6) is 0 Å². The molecule has 18 heavy (non-hydrogen) atoms. The molecule has 0 aliphatic rings. The molecule has 1 aromatic heterocycles. The quantitative estimate of drug-likeness (QED) is 0.806. The van der Waals surface area contributed by atoms with Crippen LogP contribution in [0.25, 0.3) is 0 Å². The third-order valence-electron chi connectivity index (χ3n) is 3.55. The fraction of sp³-hybridized carbons (Fsp3) is 0.800. The zero-order chi connectivity index (χ0) is 13.7. The van der Waals surface area contributed by atoms with E-state index in [0.717, 1.165) is 25.6 Å². The standard InChI is InChI=1S/C15H29N3/c1-7-16-10-12(4)15-13(5)17-18(14(15)6)9-8-11(2)3/h11-12,16H,7-10H2,1-6H3. The summed E-state index contributed by atoms with van der Waals surface area (Å²) in [5.74, 6) is 1.27. The Morgan fingerprint density at radius 1 is 1.22 bits per heavy atom. The van der Waals surface area contributed by atoms with Gasteiger partial charge in [0.15, 0.2) is 0 Å². The number of rotatable bonds is 7. The van der Waals surface area contributed by atoms with Gasteiger partial charge in [-0.05, 0) is 44.2 Å². The van der Waals surface area contributed by atoms with E-state index in [9.17, 15) is 0 Å². The maximum absolute atomic E-state index is 4.70. The van der Waals surface area contributed by atoms with E-state index in [-0.39, 0.29) is 0 Å². The molecule has 1 N–H and O–H groups in total. The average Bonchev–Trinajstić information content (AvgIpc) is 2.58. The van der Waals surface area contributed by atoms with Crippen LogP contribution in [-0.2, 0) is 6.54 Å². The van der Waals surface area contributed by atoms with Gasteiger partial charge in [0.2, 0.25) is 0 Å². The van der Waals surface area contributed by atoms with Crippen molar-refractivity contribution < 1.29 is 0 Å². The Bertz CT molecular complexity index is 366. The third kappa shape index (κ3) is 3.84. The molecule has 3 nitrogen and oxygen atoms in total. The minimum absolute atomic E-state index is 0.540. The van der Waals surface area contributed by atoms with E-state index in [4.69, 9.17) is 5.10 Å². The lowest BCUT2D eigenvalue weighted by Crippen LogP contribution is -2.20. The minimum Gasteiger partial charge on any atom is -0.316 e. The largest absolute Gasteiger partial charge is 0.316 e. The Morgan fingerprint density at radius 2 is 1.89 bits per heavy atom. The number of aromatic nitrogens is 2. The van der Waals surface area contributed by atoms with Gasteiger partial charge in [-0.25, -0.2) is 0 Å².